The lowest BCUT2D eigenvalue weighted by Crippen LogP contribution is -2.39. The van der Waals surface area contributed by atoms with Crippen LogP contribution in [0.15, 0.2) is 24.3 Å². The Balaban J connectivity index is 2.54. The van der Waals surface area contributed by atoms with Gasteiger partial charge in [-0.25, -0.2) is 0 Å². The fourth-order valence-corrected chi connectivity index (χ4v) is 1.96. The van der Waals surface area contributed by atoms with Crippen LogP contribution in [-0.4, -0.2) is 24.6 Å². The van der Waals surface area contributed by atoms with Gasteiger partial charge in [-0.3, -0.25) is 14.4 Å². The average Bonchev–Trinajstić information content (AvgIpc) is 2.41. The number of nitrogens with two attached hydrogens (primary N) is 1. The molecular weight excluding hydrogens is 220 g/mol. The Kier molecular flexibility index (Phi) is 2.67. The molecule has 2 amide bonds. The van der Waals surface area contributed by atoms with Gasteiger partial charge in [-0.15, -0.1) is 0 Å². The Morgan fingerprint density at radius 3 is 2.65 bits per heavy atom. The van der Waals surface area contributed by atoms with E-state index in [1.807, 2.05) is 0 Å². The van der Waals surface area contributed by atoms with Crippen LogP contribution in [0, 0.1) is 5.92 Å². The molecule has 1 aliphatic heterocycles. The molecule has 0 saturated carbocycles. The summed E-state index contributed by atoms with van der Waals surface area (Å²) in [6.07, 6.45) is -0.157. The molecule has 2 N–H and O–H groups in total. The third-order valence-electron chi connectivity index (χ3n) is 2.93. The zero-order chi connectivity index (χ0) is 12.6. The summed E-state index contributed by atoms with van der Waals surface area (Å²) in [7, 11) is 1.54. The van der Waals surface area contributed by atoms with E-state index in [1.54, 1.807) is 24.3 Å². The lowest BCUT2D eigenvalue weighted by molar-refractivity contribution is -0.131. The number of carbonyl (C=O) groups is 3. The number of amides is 2. The summed E-state index contributed by atoms with van der Waals surface area (Å²) in [4.78, 5) is 36.4. The highest BCUT2D eigenvalue weighted by molar-refractivity contribution is 6.16. The molecule has 0 fully saturated rings. The van der Waals surface area contributed by atoms with Crippen molar-refractivity contribution in [3.8, 4) is 0 Å². The minimum Gasteiger partial charge on any atom is -0.369 e. The lowest BCUT2D eigenvalue weighted by atomic mass is 9.99. The fraction of sp³-hybridized carbons (Fsp3) is 0.250. The molecule has 0 spiro atoms. The number of benzene rings is 1. The van der Waals surface area contributed by atoms with Crippen molar-refractivity contribution in [1.82, 2.24) is 0 Å². The van der Waals surface area contributed by atoms with E-state index in [4.69, 9.17) is 5.73 Å². The van der Waals surface area contributed by atoms with Gasteiger partial charge in [-0.2, -0.15) is 0 Å². The highest BCUT2D eigenvalue weighted by Gasteiger charge is 2.35. The first kappa shape index (κ1) is 11.3. The number of primary amides is 1. The first-order chi connectivity index (χ1) is 8.02. The number of nitrogens with zero attached hydrogens (tertiary/aromatic N) is 1. The summed E-state index contributed by atoms with van der Waals surface area (Å²) in [6.45, 7) is 0. The van der Waals surface area contributed by atoms with Crippen LogP contribution < -0.4 is 10.6 Å². The molecule has 1 heterocycles. The first-order valence-corrected chi connectivity index (χ1v) is 5.21. The van der Waals surface area contributed by atoms with E-state index in [0.717, 1.165) is 0 Å². The summed E-state index contributed by atoms with van der Waals surface area (Å²) in [6, 6.07) is 6.78. The van der Waals surface area contributed by atoms with E-state index >= 15 is 0 Å². The highest BCUT2D eigenvalue weighted by atomic mass is 16.2. The molecule has 88 valence electrons. The molecule has 5 nitrogen and oxygen atoms in total. The van der Waals surface area contributed by atoms with Crippen molar-refractivity contribution in [2.24, 2.45) is 11.7 Å². The van der Waals surface area contributed by atoms with Gasteiger partial charge < -0.3 is 10.6 Å². The van der Waals surface area contributed by atoms with Crippen molar-refractivity contribution in [2.45, 2.75) is 6.42 Å². The minimum atomic E-state index is -1.07. The zero-order valence-corrected chi connectivity index (χ0v) is 9.34. The molecule has 1 aromatic carbocycles. The standard InChI is InChI=1S/C12H12N2O3/c1-14-9-5-3-2-4-7(9)10(15)6-8(11(13)16)12(14)17/h2-5,8H,6H2,1H3,(H2,13,16). The van der Waals surface area contributed by atoms with Gasteiger partial charge in [0.15, 0.2) is 5.78 Å². The number of rotatable bonds is 1. The second kappa shape index (κ2) is 4.01. The smallest absolute Gasteiger partial charge is 0.239 e. The number of hydrogen-bond donors (Lipinski definition) is 1. The van der Waals surface area contributed by atoms with E-state index in [2.05, 4.69) is 0 Å². The second-order valence-corrected chi connectivity index (χ2v) is 4.00. The molecule has 1 aromatic rings. The number of ketones is 1. The van der Waals surface area contributed by atoms with Crippen molar-refractivity contribution in [1.29, 1.82) is 0 Å². The maximum atomic E-state index is 12.0. The van der Waals surface area contributed by atoms with E-state index in [-0.39, 0.29) is 12.2 Å². The second-order valence-electron chi connectivity index (χ2n) is 4.00. The van der Waals surface area contributed by atoms with Crippen LogP contribution >= 0.6 is 0 Å². The Morgan fingerprint density at radius 2 is 2.00 bits per heavy atom. The molecule has 0 aliphatic carbocycles. The predicted molar refractivity (Wildman–Crippen MR) is 61.5 cm³/mol. The molecule has 2 rings (SSSR count). The molecule has 0 aromatic heterocycles. The van der Waals surface area contributed by atoms with Crippen molar-refractivity contribution in [3.63, 3.8) is 0 Å². The zero-order valence-electron chi connectivity index (χ0n) is 9.34. The van der Waals surface area contributed by atoms with Gasteiger partial charge in [0.05, 0.1) is 5.69 Å². The fourth-order valence-electron chi connectivity index (χ4n) is 1.96. The highest BCUT2D eigenvalue weighted by Crippen LogP contribution is 2.27. The Labute approximate surface area is 98.2 Å². The van der Waals surface area contributed by atoms with Crippen LogP contribution in [-0.2, 0) is 9.59 Å². The molecule has 1 aliphatic rings. The topological polar surface area (TPSA) is 80.5 Å². The molecule has 5 heteroatoms. The minimum absolute atomic E-state index is 0.157. The number of hydrogen-bond acceptors (Lipinski definition) is 3. The van der Waals surface area contributed by atoms with Crippen LogP contribution in [0.25, 0.3) is 0 Å². The number of fused-ring (bicyclic) bond motifs is 1. The molecule has 0 radical (unpaired) electrons. The normalized spacial score (nSPS) is 19.8. The number of Topliss-reactive ketones (excluding diaryl/α,β-unsaturated/α-hetero) is 1. The molecule has 1 unspecified atom stereocenters. The van der Waals surface area contributed by atoms with Crippen molar-refractivity contribution in [3.05, 3.63) is 29.8 Å². The van der Waals surface area contributed by atoms with E-state index in [0.29, 0.717) is 11.3 Å². The van der Waals surface area contributed by atoms with Gasteiger partial charge in [0, 0.05) is 19.0 Å². The molecule has 0 saturated heterocycles. The van der Waals surface area contributed by atoms with E-state index in [9.17, 15) is 14.4 Å². The SMILES string of the molecule is CN1C(=O)C(C(N)=O)CC(=O)c2ccccc21. The summed E-state index contributed by atoms with van der Waals surface area (Å²) in [5.74, 6) is -2.50. The van der Waals surface area contributed by atoms with Crippen LogP contribution in [0.2, 0.25) is 0 Å². The maximum Gasteiger partial charge on any atom is 0.239 e. The van der Waals surface area contributed by atoms with Crippen molar-refractivity contribution in [2.75, 3.05) is 11.9 Å². The van der Waals surface area contributed by atoms with Gasteiger partial charge in [0.2, 0.25) is 11.8 Å². The summed E-state index contributed by atoms with van der Waals surface area (Å²) < 4.78 is 0. The molecule has 0 bridgehead atoms. The van der Waals surface area contributed by atoms with Crippen LogP contribution in [0.1, 0.15) is 16.8 Å². The lowest BCUT2D eigenvalue weighted by Gasteiger charge is -2.19. The third kappa shape index (κ3) is 1.80. The summed E-state index contributed by atoms with van der Waals surface area (Å²) in [5.41, 5.74) is 6.12. The predicted octanol–water partition coefficient (Wildman–Crippen LogP) is 0.337. The van der Waals surface area contributed by atoms with Crippen LogP contribution in [0.5, 0.6) is 0 Å². The maximum absolute atomic E-state index is 12.0. The van der Waals surface area contributed by atoms with Gasteiger partial charge in [-0.05, 0) is 12.1 Å². The van der Waals surface area contributed by atoms with Crippen molar-refractivity contribution >= 4 is 23.3 Å². The first-order valence-electron chi connectivity index (χ1n) is 5.21. The van der Waals surface area contributed by atoms with Crippen molar-refractivity contribution < 1.29 is 14.4 Å². The Hall–Kier alpha value is -2.17. The Morgan fingerprint density at radius 1 is 1.35 bits per heavy atom. The molecular formula is C12H12N2O3. The average molecular weight is 232 g/mol. The van der Waals surface area contributed by atoms with Gasteiger partial charge in [0.1, 0.15) is 5.92 Å². The monoisotopic (exact) mass is 232 g/mol. The summed E-state index contributed by atoms with van der Waals surface area (Å²) in [5, 5.41) is 0. The van der Waals surface area contributed by atoms with Crippen LogP contribution in [0.4, 0.5) is 5.69 Å². The van der Waals surface area contributed by atoms with Crippen LogP contribution in [0.3, 0.4) is 0 Å². The molecule has 17 heavy (non-hydrogen) atoms. The largest absolute Gasteiger partial charge is 0.369 e. The number of anilines is 1. The number of carbonyl (C=O) groups excluding carboxylic acids is 3. The van der Waals surface area contributed by atoms with Gasteiger partial charge >= 0.3 is 0 Å². The Bertz CT molecular complexity index is 510. The number of para-hydroxylation sites is 1. The van der Waals surface area contributed by atoms with E-state index in [1.165, 1.54) is 11.9 Å². The quantitative estimate of drug-likeness (QED) is 0.709. The third-order valence-corrected chi connectivity index (χ3v) is 2.93. The summed E-state index contributed by atoms with van der Waals surface area (Å²) >= 11 is 0. The van der Waals surface area contributed by atoms with Gasteiger partial charge in [0.25, 0.3) is 0 Å². The van der Waals surface area contributed by atoms with E-state index < -0.39 is 17.7 Å². The van der Waals surface area contributed by atoms with Gasteiger partial charge in [-0.1, -0.05) is 12.1 Å². The molecule has 1 atom stereocenters.